The summed E-state index contributed by atoms with van der Waals surface area (Å²) in [5.74, 6) is 1.28. The number of nitrogens with zero attached hydrogens (tertiary/aromatic N) is 2. The lowest BCUT2D eigenvalue weighted by Gasteiger charge is -2.09. The second-order valence-electron chi connectivity index (χ2n) is 5.11. The van der Waals surface area contributed by atoms with E-state index in [0.717, 1.165) is 18.5 Å². The number of nitrogens with two attached hydrogens (primary N) is 1. The summed E-state index contributed by atoms with van der Waals surface area (Å²) in [6.45, 7) is 0. The lowest BCUT2D eigenvalue weighted by molar-refractivity contribution is 0.102. The third kappa shape index (κ3) is 3.10. The highest BCUT2D eigenvalue weighted by Gasteiger charge is 2.26. The van der Waals surface area contributed by atoms with E-state index in [1.807, 2.05) is 6.07 Å². The van der Waals surface area contributed by atoms with E-state index in [1.165, 1.54) is 0 Å². The van der Waals surface area contributed by atoms with Crippen LogP contribution in [0.1, 0.15) is 34.8 Å². The van der Waals surface area contributed by atoms with E-state index in [-0.39, 0.29) is 5.91 Å². The van der Waals surface area contributed by atoms with Gasteiger partial charge in [-0.25, -0.2) is 4.98 Å². The molecular weight excluding hydrogens is 266 g/mol. The van der Waals surface area contributed by atoms with Crippen molar-refractivity contribution < 1.29 is 4.79 Å². The Morgan fingerprint density at radius 2 is 2.10 bits per heavy atom. The van der Waals surface area contributed by atoms with E-state index in [2.05, 4.69) is 20.6 Å². The number of aromatic nitrogens is 2. The van der Waals surface area contributed by atoms with Gasteiger partial charge in [0.15, 0.2) is 0 Å². The lowest BCUT2D eigenvalue weighted by atomic mass is 10.2. The molecule has 4 N–H and O–H groups in total. The number of carbonyl (C=O) groups excluding carboxylic acids is 1. The summed E-state index contributed by atoms with van der Waals surface area (Å²) in [7, 11) is 1.76. The van der Waals surface area contributed by atoms with Gasteiger partial charge in [0.1, 0.15) is 5.82 Å². The first-order valence-electron chi connectivity index (χ1n) is 6.89. The Kier molecular flexibility index (Phi) is 3.43. The molecule has 1 aromatic carbocycles. The van der Waals surface area contributed by atoms with Gasteiger partial charge in [0.05, 0.1) is 5.69 Å². The molecule has 1 heterocycles. The summed E-state index contributed by atoms with van der Waals surface area (Å²) < 4.78 is 0. The van der Waals surface area contributed by atoms with Crippen LogP contribution in [0.5, 0.6) is 0 Å². The fourth-order valence-electron chi connectivity index (χ4n) is 2.10. The van der Waals surface area contributed by atoms with E-state index < -0.39 is 0 Å². The molecule has 0 bridgehead atoms. The van der Waals surface area contributed by atoms with Crippen LogP contribution in [0.3, 0.4) is 0 Å². The first-order chi connectivity index (χ1) is 10.2. The minimum atomic E-state index is -0.232. The summed E-state index contributed by atoms with van der Waals surface area (Å²) in [6.07, 6.45) is 2.28. The Bertz CT molecular complexity index is 682. The van der Waals surface area contributed by atoms with Gasteiger partial charge in [-0.05, 0) is 31.0 Å². The summed E-state index contributed by atoms with van der Waals surface area (Å²) in [5.41, 5.74) is 7.72. The zero-order chi connectivity index (χ0) is 14.8. The molecule has 21 heavy (non-hydrogen) atoms. The van der Waals surface area contributed by atoms with Crippen LogP contribution in [0, 0.1) is 0 Å². The van der Waals surface area contributed by atoms with Crippen LogP contribution in [0.2, 0.25) is 0 Å². The molecule has 1 amide bonds. The number of nitrogens with one attached hydrogen (secondary N) is 2. The van der Waals surface area contributed by atoms with Gasteiger partial charge in [0, 0.05) is 30.3 Å². The third-order valence-electron chi connectivity index (χ3n) is 3.36. The maximum absolute atomic E-state index is 12.2. The van der Waals surface area contributed by atoms with Gasteiger partial charge in [0.2, 0.25) is 5.95 Å². The van der Waals surface area contributed by atoms with Gasteiger partial charge < -0.3 is 16.4 Å². The molecule has 1 aliphatic carbocycles. The molecule has 0 atom stereocenters. The van der Waals surface area contributed by atoms with Crippen molar-refractivity contribution in [3.05, 3.63) is 41.6 Å². The highest BCUT2D eigenvalue weighted by atomic mass is 16.1. The van der Waals surface area contributed by atoms with Crippen molar-refractivity contribution in [1.82, 2.24) is 9.97 Å². The molecule has 0 saturated heterocycles. The monoisotopic (exact) mass is 283 g/mol. The Balaban J connectivity index is 1.83. The summed E-state index contributed by atoms with van der Waals surface area (Å²) in [6, 6.07) is 8.68. The van der Waals surface area contributed by atoms with Crippen molar-refractivity contribution in [2.24, 2.45) is 0 Å². The molecule has 1 fully saturated rings. The number of carbonyl (C=O) groups is 1. The van der Waals surface area contributed by atoms with E-state index >= 15 is 0 Å². The predicted molar refractivity (Wildman–Crippen MR) is 82.4 cm³/mol. The Morgan fingerprint density at radius 3 is 2.76 bits per heavy atom. The molecule has 0 aliphatic heterocycles. The maximum Gasteiger partial charge on any atom is 0.256 e. The molecule has 0 radical (unpaired) electrons. The Morgan fingerprint density at radius 1 is 1.29 bits per heavy atom. The van der Waals surface area contributed by atoms with Gasteiger partial charge in [0.25, 0.3) is 5.91 Å². The van der Waals surface area contributed by atoms with Crippen molar-refractivity contribution in [3.63, 3.8) is 0 Å². The average Bonchev–Trinajstić information content (AvgIpc) is 3.31. The van der Waals surface area contributed by atoms with Gasteiger partial charge in [-0.1, -0.05) is 6.07 Å². The first kappa shape index (κ1) is 13.4. The quantitative estimate of drug-likeness (QED) is 0.748. The number of nitrogen functional groups attached to an aromatic ring is 1. The Labute approximate surface area is 122 Å². The second kappa shape index (κ2) is 5.40. The Hall–Kier alpha value is -2.63. The molecule has 1 saturated carbocycles. The molecule has 0 spiro atoms. The van der Waals surface area contributed by atoms with E-state index in [4.69, 9.17) is 5.73 Å². The van der Waals surface area contributed by atoms with Crippen molar-refractivity contribution in [2.45, 2.75) is 18.8 Å². The second-order valence-corrected chi connectivity index (χ2v) is 5.11. The van der Waals surface area contributed by atoms with E-state index in [9.17, 15) is 4.79 Å². The van der Waals surface area contributed by atoms with E-state index in [0.29, 0.717) is 28.9 Å². The van der Waals surface area contributed by atoms with Gasteiger partial charge >= 0.3 is 0 Å². The molecule has 6 heteroatoms. The van der Waals surface area contributed by atoms with Crippen LogP contribution < -0.4 is 16.4 Å². The van der Waals surface area contributed by atoms with Crippen molar-refractivity contribution in [3.8, 4) is 0 Å². The number of hydrogen-bond acceptors (Lipinski definition) is 5. The number of rotatable bonds is 4. The predicted octanol–water partition coefficient (Wildman–Crippen LogP) is 2.23. The minimum absolute atomic E-state index is 0.232. The lowest BCUT2D eigenvalue weighted by Crippen LogP contribution is -2.14. The summed E-state index contributed by atoms with van der Waals surface area (Å²) >= 11 is 0. The minimum Gasteiger partial charge on any atom is -0.399 e. The molecular formula is C15H17N5O. The van der Waals surface area contributed by atoms with Crippen LogP contribution in [-0.4, -0.2) is 22.9 Å². The fourth-order valence-corrected chi connectivity index (χ4v) is 2.10. The zero-order valence-corrected chi connectivity index (χ0v) is 11.8. The SMILES string of the molecule is CNc1nc(NC(=O)c2cccc(N)c2)cc(C2CC2)n1. The molecule has 1 aromatic heterocycles. The molecule has 6 nitrogen and oxygen atoms in total. The largest absolute Gasteiger partial charge is 0.399 e. The van der Waals surface area contributed by atoms with E-state index in [1.54, 1.807) is 31.3 Å². The molecule has 1 aliphatic rings. The van der Waals surface area contributed by atoms with Crippen LogP contribution in [0.4, 0.5) is 17.5 Å². The van der Waals surface area contributed by atoms with Crippen molar-refractivity contribution in [2.75, 3.05) is 23.4 Å². The van der Waals surface area contributed by atoms with Crippen LogP contribution in [-0.2, 0) is 0 Å². The molecule has 3 rings (SSSR count). The van der Waals surface area contributed by atoms with Crippen molar-refractivity contribution >= 4 is 23.4 Å². The third-order valence-corrected chi connectivity index (χ3v) is 3.36. The van der Waals surface area contributed by atoms with Gasteiger partial charge in [-0.3, -0.25) is 4.79 Å². The van der Waals surface area contributed by atoms with Gasteiger partial charge in [-0.2, -0.15) is 4.98 Å². The fraction of sp³-hybridized carbons (Fsp3) is 0.267. The standard InChI is InChI=1S/C15H17N5O/c1-17-15-18-12(9-5-6-9)8-13(20-15)19-14(21)10-3-2-4-11(16)7-10/h2-4,7-9H,5-6,16H2,1H3,(H2,17,18,19,20,21). The summed E-state index contributed by atoms with van der Waals surface area (Å²) in [4.78, 5) is 20.9. The molecule has 2 aromatic rings. The summed E-state index contributed by atoms with van der Waals surface area (Å²) in [5, 5.41) is 5.72. The topological polar surface area (TPSA) is 92.9 Å². The average molecular weight is 283 g/mol. The van der Waals surface area contributed by atoms with Crippen LogP contribution in [0.25, 0.3) is 0 Å². The highest BCUT2D eigenvalue weighted by Crippen LogP contribution is 2.39. The van der Waals surface area contributed by atoms with Gasteiger partial charge in [-0.15, -0.1) is 0 Å². The number of benzene rings is 1. The van der Waals surface area contributed by atoms with Crippen LogP contribution in [0.15, 0.2) is 30.3 Å². The van der Waals surface area contributed by atoms with Crippen LogP contribution >= 0.6 is 0 Å². The zero-order valence-electron chi connectivity index (χ0n) is 11.8. The number of hydrogen-bond donors (Lipinski definition) is 3. The first-order valence-corrected chi connectivity index (χ1v) is 6.89. The molecule has 108 valence electrons. The highest BCUT2D eigenvalue weighted by molar-refractivity contribution is 6.04. The maximum atomic E-state index is 12.2. The number of anilines is 3. The normalized spacial score (nSPS) is 13.8. The smallest absolute Gasteiger partial charge is 0.256 e. The number of amides is 1. The molecule has 0 unspecified atom stereocenters. The van der Waals surface area contributed by atoms with Crippen molar-refractivity contribution in [1.29, 1.82) is 0 Å².